The molecule has 1 aromatic carbocycles. The first kappa shape index (κ1) is 16.2. The molecule has 0 atom stereocenters. The van der Waals surface area contributed by atoms with Crippen molar-refractivity contribution in [2.24, 2.45) is 0 Å². The molecule has 3 aliphatic rings. The van der Waals surface area contributed by atoms with E-state index in [9.17, 15) is 15.0 Å². The largest absolute Gasteiger partial charge is 0.494 e. The zero-order valence-corrected chi connectivity index (χ0v) is 14.8. The quantitative estimate of drug-likeness (QED) is 0.804. The van der Waals surface area contributed by atoms with Gasteiger partial charge in [0.15, 0.2) is 0 Å². The van der Waals surface area contributed by atoms with Crippen LogP contribution in [0.1, 0.15) is 42.4 Å². The van der Waals surface area contributed by atoms with Gasteiger partial charge in [0.25, 0.3) is 0 Å². The Morgan fingerprint density at radius 3 is 2.30 bits per heavy atom. The first-order chi connectivity index (χ1) is 13.0. The van der Waals surface area contributed by atoms with Crippen LogP contribution in [-0.2, 0) is 23.1 Å². The number of rotatable bonds is 2. The number of benzene rings is 1. The summed E-state index contributed by atoms with van der Waals surface area (Å²) in [6, 6.07) is 2.89. The van der Waals surface area contributed by atoms with Gasteiger partial charge in [-0.1, -0.05) is 5.92 Å². The lowest BCUT2D eigenvalue weighted by Gasteiger charge is -2.16. The smallest absolute Gasteiger partial charge is 0.238 e. The van der Waals surface area contributed by atoms with E-state index in [0.717, 1.165) is 17.4 Å². The molecule has 6 heteroatoms. The Balaban J connectivity index is 1.72. The van der Waals surface area contributed by atoms with Crippen LogP contribution in [0.15, 0.2) is 12.1 Å². The van der Waals surface area contributed by atoms with E-state index in [0.29, 0.717) is 48.1 Å². The van der Waals surface area contributed by atoms with Crippen LogP contribution in [0.2, 0.25) is 0 Å². The van der Waals surface area contributed by atoms with Crippen LogP contribution in [0.5, 0.6) is 11.8 Å². The lowest BCUT2D eigenvalue weighted by Crippen LogP contribution is -2.32. The third-order valence-electron chi connectivity index (χ3n) is 6.20. The van der Waals surface area contributed by atoms with Crippen molar-refractivity contribution in [2.75, 3.05) is 11.4 Å². The Kier molecular flexibility index (Phi) is 3.18. The summed E-state index contributed by atoms with van der Waals surface area (Å²) >= 11 is 0. The highest BCUT2D eigenvalue weighted by Gasteiger charge is 2.59. The number of aromatic nitrogens is 1. The molecule has 2 heterocycles. The predicted molar refractivity (Wildman–Crippen MR) is 97.8 cm³/mol. The van der Waals surface area contributed by atoms with E-state index in [4.69, 9.17) is 6.42 Å². The van der Waals surface area contributed by atoms with Crippen molar-refractivity contribution in [1.29, 1.82) is 0 Å². The highest BCUT2D eigenvalue weighted by molar-refractivity contribution is 6.10. The van der Waals surface area contributed by atoms with Crippen LogP contribution in [0.3, 0.4) is 0 Å². The second kappa shape index (κ2) is 5.29. The van der Waals surface area contributed by atoms with Gasteiger partial charge in [-0.05, 0) is 56.2 Å². The molecule has 2 aromatic rings. The molecule has 27 heavy (non-hydrogen) atoms. The second-order valence-corrected chi connectivity index (χ2v) is 7.65. The minimum absolute atomic E-state index is 0.0330. The fourth-order valence-electron chi connectivity index (χ4n) is 4.67. The van der Waals surface area contributed by atoms with E-state index in [1.807, 2.05) is 0 Å². The summed E-state index contributed by atoms with van der Waals surface area (Å²) in [5, 5.41) is 21.3. The lowest BCUT2D eigenvalue weighted by molar-refractivity contribution is -0.120. The molecule has 1 aliphatic heterocycles. The Morgan fingerprint density at radius 2 is 1.74 bits per heavy atom. The Bertz CT molecular complexity index is 1010. The van der Waals surface area contributed by atoms with Crippen molar-refractivity contribution in [3.8, 4) is 29.8 Å². The summed E-state index contributed by atoms with van der Waals surface area (Å²) in [5.41, 5.74) is 1.96. The van der Waals surface area contributed by atoms with Crippen LogP contribution in [0.25, 0.3) is 5.69 Å². The van der Waals surface area contributed by atoms with E-state index in [-0.39, 0.29) is 29.9 Å². The maximum absolute atomic E-state index is 15.1. The zero-order valence-electron chi connectivity index (χ0n) is 14.8. The standard InChI is InChI=1S/C21H19FN2O3/c1-2-9-23-16-11-17(15(22)10-14(16)21(7-8-21)20(23)27)24-18(25)12-5-3-4-6-13(12)19(24)26/h1,10-11,25-26H,3-9H2. The van der Waals surface area contributed by atoms with Crippen molar-refractivity contribution in [1.82, 2.24) is 4.57 Å². The van der Waals surface area contributed by atoms with Gasteiger partial charge in [-0.15, -0.1) is 6.42 Å². The molecular weight excluding hydrogens is 347 g/mol. The SMILES string of the molecule is C#CCN1C(=O)C2(CC2)c2cc(F)c(-n3c(O)c4c(c3O)CCCC4)cc21. The molecule has 5 rings (SSSR count). The molecule has 0 saturated heterocycles. The topological polar surface area (TPSA) is 65.7 Å². The maximum atomic E-state index is 15.1. The number of aromatic hydroxyl groups is 2. The van der Waals surface area contributed by atoms with E-state index in [1.54, 1.807) is 0 Å². The maximum Gasteiger partial charge on any atom is 0.238 e. The van der Waals surface area contributed by atoms with E-state index >= 15 is 4.39 Å². The molecule has 1 fully saturated rings. The number of terminal acetylenes is 1. The molecule has 2 N–H and O–H groups in total. The normalized spacial score (nSPS) is 19.1. The van der Waals surface area contributed by atoms with E-state index in [2.05, 4.69) is 5.92 Å². The first-order valence-electron chi connectivity index (χ1n) is 9.24. The van der Waals surface area contributed by atoms with Crippen molar-refractivity contribution in [3.63, 3.8) is 0 Å². The third-order valence-corrected chi connectivity index (χ3v) is 6.20. The van der Waals surface area contributed by atoms with Gasteiger partial charge in [0, 0.05) is 11.1 Å². The second-order valence-electron chi connectivity index (χ2n) is 7.65. The summed E-state index contributed by atoms with van der Waals surface area (Å²) in [6.45, 7) is 0.110. The van der Waals surface area contributed by atoms with Gasteiger partial charge in [0.1, 0.15) is 5.82 Å². The molecule has 1 amide bonds. The molecule has 138 valence electrons. The number of amides is 1. The molecule has 1 aromatic heterocycles. The Hall–Kier alpha value is -2.94. The fourth-order valence-corrected chi connectivity index (χ4v) is 4.67. The average molecular weight is 366 g/mol. The number of carbonyl (C=O) groups excluding carboxylic acids is 1. The molecule has 1 saturated carbocycles. The van der Waals surface area contributed by atoms with Gasteiger partial charge in [-0.3, -0.25) is 9.69 Å². The minimum Gasteiger partial charge on any atom is -0.494 e. The summed E-state index contributed by atoms with van der Waals surface area (Å²) in [7, 11) is 0. The van der Waals surface area contributed by atoms with Gasteiger partial charge < -0.3 is 10.2 Å². The summed E-state index contributed by atoms with van der Waals surface area (Å²) < 4.78 is 16.2. The Morgan fingerprint density at radius 1 is 1.11 bits per heavy atom. The van der Waals surface area contributed by atoms with Crippen LogP contribution in [0, 0.1) is 18.2 Å². The first-order valence-corrected chi connectivity index (χ1v) is 9.24. The lowest BCUT2D eigenvalue weighted by atomic mass is 9.95. The monoisotopic (exact) mass is 366 g/mol. The highest BCUT2D eigenvalue weighted by Crippen LogP contribution is 2.58. The van der Waals surface area contributed by atoms with Gasteiger partial charge in [0.2, 0.25) is 17.7 Å². The van der Waals surface area contributed by atoms with Crippen molar-refractivity contribution < 1.29 is 19.4 Å². The Labute approximate surface area is 156 Å². The number of fused-ring (bicyclic) bond motifs is 3. The van der Waals surface area contributed by atoms with Crippen LogP contribution in [0.4, 0.5) is 10.1 Å². The van der Waals surface area contributed by atoms with E-state index in [1.165, 1.54) is 17.0 Å². The number of halogens is 1. The van der Waals surface area contributed by atoms with Crippen molar-refractivity contribution >= 4 is 11.6 Å². The zero-order chi connectivity index (χ0) is 18.9. The van der Waals surface area contributed by atoms with Gasteiger partial charge in [-0.25, -0.2) is 8.96 Å². The van der Waals surface area contributed by atoms with Crippen molar-refractivity contribution in [2.45, 2.75) is 43.9 Å². The molecular formula is C21H19FN2O3. The summed E-state index contributed by atoms with van der Waals surface area (Å²) in [6.07, 6.45) is 9.95. The van der Waals surface area contributed by atoms with Crippen molar-refractivity contribution in [3.05, 3.63) is 34.6 Å². The van der Waals surface area contributed by atoms with Crippen LogP contribution >= 0.6 is 0 Å². The molecule has 1 spiro atoms. The third kappa shape index (κ3) is 1.97. The molecule has 2 aliphatic carbocycles. The molecule has 0 unspecified atom stereocenters. The summed E-state index contributed by atoms with van der Waals surface area (Å²) in [4.78, 5) is 14.3. The molecule has 0 bridgehead atoms. The number of hydrogen-bond donors (Lipinski definition) is 2. The number of carbonyl (C=O) groups is 1. The van der Waals surface area contributed by atoms with Gasteiger partial charge in [-0.2, -0.15) is 0 Å². The van der Waals surface area contributed by atoms with Crippen LogP contribution < -0.4 is 4.90 Å². The molecule has 5 nitrogen and oxygen atoms in total. The number of nitrogens with zero attached hydrogens (tertiary/aromatic N) is 2. The number of anilines is 1. The van der Waals surface area contributed by atoms with Crippen LogP contribution in [-0.4, -0.2) is 27.2 Å². The minimum atomic E-state index is -0.647. The van der Waals surface area contributed by atoms with Gasteiger partial charge >= 0.3 is 0 Å². The summed E-state index contributed by atoms with van der Waals surface area (Å²) in [5.74, 6) is 1.56. The fraction of sp³-hybridized carbons (Fsp3) is 0.381. The average Bonchev–Trinajstić information content (AvgIpc) is 3.40. The predicted octanol–water partition coefficient (Wildman–Crippen LogP) is 2.92. The number of hydrogen-bond acceptors (Lipinski definition) is 3. The highest BCUT2D eigenvalue weighted by atomic mass is 19.1. The molecule has 0 radical (unpaired) electrons. The van der Waals surface area contributed by atoms with Gasteiger partial charge in [0.05, 0.1) is 23.3 Å². The van der Waals surface area contributed by atoms with E-state index < -0.39 is 11.2 Å².